The Morgan fingerprint density at radius 2 is 1.56 bits per heavy atom. The molecule has 0 fully saturated rings. The molecule has 4 aromatic rings. The predicted molar refractivity (Wildman–Crippen MR) is 108 cm³/mol. The van der Waals surface area contributed by atoms with Crippen LogP contribution in [0.15, 0.2) is 71.6 Å². The van der Waals surface area contributed by atoms with E-state index in [9.17, 15) is 13.0 Å². The summed E-state index contributed by atoms with van der Waals surface area (Å²) in [7, 11) is -2.93. The molecular formula is C21H15ClO4S. The Kier molecular flexibility index (Phi) is 4.30. The van der Waals surface area contributed by atoms with Gasteiger partial charge in [0.2, 0.25) is 0 Å². The molecule has 0 bridgehead atoms. The molecule has 0 saturated carbocycles. The lowest BCUT2D eigenvalue weighted by molar-refractivity contribution is 0.417. The monoisotopic (exact) mass is 398 g/mol. The van der Waals surface area contributed by atoms with Crippen LogP contribution in [0.1, 0.15) is 0 Å². The van der Waals surface area contributed by atoms with E-state index in [0.29, 0.717) is 27.3 Å². The lowest BCUT2D eigenvalue weighted by Gasteiger charge is -2.17. The zero-order valence-electron chi connectivity index (χ0n) is 14.3. The quantitative estimate of drug-likeness (QED) is 0.458. The van der Waals surface area contributed by atoms with Crippen molar-refractivity contribution in [2.45, 2.75) is 4.90 Å². The van der Waals surface area contributed by atoms with Gasteiger partial charge < -0.3 is 4.74 Å². The highest BCUT2D eigenvalue weighted by Crippen LogP contribution is 2.44. The fourth-order valence-electron chi connectivity index (χ4n) is 3.43. The summed E-state index contributed by atoms with van der Waals surface area (Å²) in [6.07, 6.45) is 0. The van der Waals surface area contributed by atoms with Crippen LogP contribution in [-0.2, 0) is 10.1 Å². The van der Waals surface area contributed by atoms with Crippen LogP contribution in [0, 0.1) is 0 Å². The van der Waals surface area contributed by atoms with Gasteiger partial charge in [0.25, 0.3) is 10.1 Å². The van der Waals surface area contributed by atoms with Crippen molar-refractivity contribution in [3.63, 3.8) is 0 Å². The summed E-state index contributed by atoms with van der Waals surface area (Å²) in [5, 5.41) is 3.75. The third-order valence-corrected chi connectivity index (χ3v) is 5.71. The molecule has 0 aliphatic carbocycles. The number of benzene rings is 4. The molecule has 0 aliphatic heterocycles. The molecule has 0 radical (unpaired) electrons. The minimum atomic E-state index is -4.46. The third-order valence-electron chi connectivity index (χ3n) is 4.58. The number of hydrogen-bond donors (Lipinski definition) is 1. The van der Waals surface area contributed by atoms with Crippen molar-refractivity contribution in [2.24, 2.45) is 0 Å². The molecule has 0 spiro atoms. The van der Waals surface area contributed by atoms with Crippen LogP contribution >= 0.6 is 11.6 Å². The van der Waals surface area contributed by atoms with Crippen LogP contribution in [0.25, 0.3) is 32.7 Å². The molecule has 0 saturated heterocycles. The summed E-state index contributed by atoms with van der Waals surface area (Å²) in [6, 6.07) is 19.5. The first-order valence-corrected chi connectivity index (χ1v) is 9.98. The first kappa shape index (κ1) is 17.8. The van der Waals surface area contributed by atoms with Crippen molar-refractivity contribution in [3.8, 4) is 16.9 Å². The first-order valence-electron chi connectivity index (χ1n) is 8.16. The van der Waals surface area contributed by atoms with Crippen LogP contribution in [0.2, 0.25) is 5.02 Å². The van der Waals surface area contributed by atoms with Gasteiger partial charge in [-0.25, -0.2) is 0 Å². The number of ether oxygens (including phenoxy) is 1. The molecule has 0 unspecified atom stereocenters. The zero-order valence-corrected chi connectivity index (χ0v) is 15.9. The largest absolute Gasteiger partial charge is 0.496 e. The maximum absolute atomic E-state index is 12.2. The van der Waals surface area contributed by atoms with Crippen molar-refractivity contribution in [1.29, 1.82) is 0 Å². The highest BCUT2D eigenvalue weighted by molar-refractivity contribution is 7.86. The number of hydrogen-bond acceptors (Lipinski definition) is 3. The summed E-state index contributed by atoms with van der Waals surface area (Å²) >= 11 is 6.12. The van der Waals surface area contributed by atoms with Gasteiger partial charge in [0.05, 0.1) is 7.11 Å². The summed E-state index contributed by atoms with van der Waals surface area (Å²) in [5.41, 5.74) is 0.997. The Labute approximate surface area is 161 Å². The minimum absolute atomic E-state index is 0.165. The van der Waals surface area contributed by atoms with Gasteiger partial charge in [-0.3, -0.25) is 4.55 Å². The summed E-state index contributed by atoms with van der Waals surface area (Å²) < 4.78 is 39.7. The Bertz CT molecular complexity index is 1300. The fraction of sp³-hybridized carbons (Fsp3) is 0.0476. The van der Waals surface area contributed by atoms with Gasteiger partial charge in [-0.1, -0.05) is 54.1 Å². The van der Waals surface area contributed by atoms with Gasteiger partial charge in [0.1, 0.15) is 10.6 Å². The number of rotatable bonds is 3. The highest BCUT2D eigenvalue weighted by atomic mass is 35.5. The molecular weight excluding hydrogens is 384 g/mol. The smallest absolute Gasteiger partial charge is 0.295 e. The Balaban J connectivity index is 2.26. The number of fused-ring (bicyclic) bond motifs is 2. The van der Waals surface area contributed by atoms with Gasteiger partial charge >= 0.3 is 0 Å². The van der Waals surface area contributed by atoms with Crippen molar-refractivity contribution < 1.29 is 17.7 Å². The van der Waals surface area contributed by atoms with E-state index in [2.05, 4.69) is 0 Å². The topological polar surface area (TPSA) is 63.6 Å². The van der Waals surface area contributed by atoms with Gasteiger partial charge in [-0.05, 0) is 45.8 Å². The standard InChI is InChI=1S/C21H15ClO4S/c1-26-18-10-6-14-12-15(22)8-9-17(14)20(18)21-16-5-3-2-4-13(16)7-11-19(21)27(23,24)25/h2-12H,1H3,(H,23,24,25). The molecule has 0 aliphatic rings. The van der Waals surface area contributed by atoms with E-state index in [-0.39, 0.29) is 4.90 Å². The van der Waals surface area contributed by atoms with E-state index in [4.69, 9.17) is 16.3 Å². The van der Waals surface area contributed by atoms with E-state index in [0.717, 1.165) is 16.2 Å². The van der Waals surface area contributed by atoms with Crippen molar-refractivity contribution in [3.05, 3.63) is 71.8 Å². The molecule has 27 heavy (non-hydrogen) atoms. The van der Waals surface area contributed by atoms with E-state index in [1.165, 1.54) is 13.2 Å². The maximum atomic E-state index is 12.2. The van der Waals surface area contributed by atoms with Crippen molar-refractivity contribution in [1.82, 2.24) is 0 Å². The highest BCUT2D eigenvalue weighted by Gasteiger charge is 2.23. The molecule has 0 heterocycles. The second kappa shape index (κ2) is 6.53. The van der Waals surface area contributed by atoms with Crippen LogP contribution in [-0.4, -0.2) is 20.1 Å². The SMILES string of the molecule is COc1ccc2cc(Cl)ccc2c1-c1c(S(=O)(=O)O)ccc2ccccc12. The Hall–Kier alpha value is -2.60. The molecule has 0 atom stereocenters. The van der Waals surface area contributed by atoms with E-state index >= 15 is 0 Å². The first-order chi connectivity index (χ1) is 12.9. The van der Waals surface area contributed by atoms with Gasteiger partial charge in [0.15, 0.2) is 0 Å². The van der Waals surface area contributed by atoms with E-state index in [1.54, 1.807) is 24.3 Å². The van der Waals surface area contributed by atoms with Crippen LogP contribution in [0.4, 0.5) is 0 Å². The number of halogens is 1. The van der Waals surface area contributed by atoms with Crippen LogP contribution < -0.4 is 4.74 Å². The normalized spacial score (nSPS) is 11.8. The lowest BCUT2D eigenvalue weighted by Crippen LogP contribution is -2.03. The molecule has 4 nitrogen and oxygen atoms in total. The number of methoxy groups -OCH3 is 1. The van der Waals surface area contributed by atoms with Gasteiger partial charge in [0, 0.05) is 16.1 Å². The molecule has 136 valence electrons. The summed E-state index contributed by atoms with van der Waals surface area (Å²) in [4.78, 5) is -0.165. The average Bonchev–Trinajstić information content (AvgIpc) is 2.65. The van der Waals surface area contributed by atoms with Crippen LogP contribution in [0.3, 0.4) is 0 Å². The molecule has 0 amide bonds. The lowest BCUT2D eigenvalue weighted by atomic mass is 9.93. The van der Waals surface area contributed by atoms with Crippen molar-refractivity contribution >= 4 is 43.3 Å². The maximum Gasteiger partial charge on any atom is 0.295 e. The summed E-state index contributed by atoms with van der Waals surface area (Å²) in [6.45, 7) is 0. The van der Waals surface area contributed by atoms with Gasteiger partial charge in [-0.2, -0.15) is 8.42 Å². The molecule has 4 aromatic carbocycles. The van der Waals surface area contributed by atoms with E-state index in [1.807, 2.05) is 36.4 Å². The van der Waals surface area contributed by atoms with E-state index < -0.39 is 10.1 Å². The van der Waals surface area contributed by atoms with Crippen LogP contribution in [0.5, 0.6) is 5.75 Å². The Morgan fingerprint density at radius 1 is 0.852 bits per heavy atom. The predicted octanol–water partition coefficient (Wildman–Crippen LogP) is 5.57. The second-order valence-corrected chi connectivity index (χ2v) is 7.97. The van der Waals surface area contributed by atoms with Crippen molar-refractivity contribution in [2.75, 3.05) is 7.11 Å². The second-order valence-electron chi connectivity index (χ2n) is 6.14. The Morgan fingerprint density at radius 3 is 2.30 bits per heavy atom. The summed E-state index contributed by atoms with van der Waals surface area (Å²) in [5.74, 6) is 0.506. The molecule has 1 N–H and O–H groups in total. The molecule has 6 heteroatoms. The van der Waals surface area contributed by atoms with Gasteiger partial charge in [-0.15, -0.1) is 0 Å². The minimum Gasteiger partial charge on any atom is -0.496 e. The third kappa shape index (κ3) is 3.04. The molecule has 4 rings (SSSR count). The molecule has 0 aromatic heterocycles. The fourth-order valence-corrected chi connectivity index (χ4v) is 4.32. The zero-order chi connectivity index (χ0) is 19.2. The average molecular weight is 399 g/mol.